The summed E-state index contributed by atoms with van der Waals surface area (Å²) in [5, 5.41) is 4.10. The molecule has 1 saturated heterocycles. The Morgan fingerprint density at radius 2 is 1.73 bits per heavy atom. The predicted molar refractivity (Wildman–Crippen MR) is 119 cm³/mol. The van der Waals surface area contributed by atoms with Crippen LogP contribution in [-0.4, -0.2) is 42.1 Å². The normalized spacial score (nSPS) is 15.2. The van der Waals surface area contributed by atoms with Crippen LogP contribution < -0.4 is 4.90 Å². The van der Waals surface area contributed by atoms with Gasteiger partial charge in [-0.25, -0.2) is 0 Å². The smallest absolute Gasteiger partial charge is 0.280 e. The van der Waals surface area contributed by atoms with Gasteiger partial charge >= 0.3 is 0 Å². The first-order valence-electron chi connectivity index (χ1n) is 10.8. The van der Waals surface area contributed by atoms with Crippen molar-refractivity contribution in [3.05, 3.63) is 83.7 Å². The lowest BCUT2D eigenvalue weighted by atomic mass is 9.95. The number of hydrogen-bond donors (Lipinski definition) is 0. The summed E-state index contributed by atoms with van der Waals surface area (Å²) >= 11 is 0. The first kappa shape index (κ1) is 20.4. The Kier molecular flexibility index (Phi) is 6.60. The summed E-state index contributed by atoms with van der Waals surface area (Å²) < 4.78 is 5.49. The topological polar surface area (TPSA) is 49.6 Å². The first-order valence-corrected chi connectivity index (χ1v) is 10.8. The summed E-state index contributed by atoms with van der Waals surface area (Å²) in [6, 6.07) is 21.8. The molecule has 0 spiro atoms. The largest absolute Gasteiger partial charge is 0.360 e. The number of likely N-dealkylation sites (tertiary alicyclic amines) is 1. The molecule has 30 heavy (non-hydrogen) atoms. The lowest BCUT2D eigenvalue weighted by molar-refractivity contribution is 0.0967. The Bertz CT molecular complexity index is 931. The zero-order valence-electron chi connectivity index (χ0n) is 17.5. The van der Waals surface area contributed by atoms with E-state index in [0.717, 1.165) is 43.7 Å². The van der Waals surface area contributed by atoms with E-state index in [9.17, 15) is 4.79 Å². The van der Waals surface area contributed by atoms with Gasteiger partial charge in [0, 0.05) is 24.7 Å². The number of rotatable bonds is 7. The Balaban J connectivity index is 1.50. The predicted octanol–water partition coefficient (Wildman–Crippen LogP) is 4.64. The first-order chi connectivity index (χ1) is 14.7. The molecule has 0 saturated carbocycles. The van der Waals surface area contributed by atoms with Crippen molar-refractivity contribution in [1.29, 1.82) is 0 Å². The molecule has 5 heteroatoms. The van der Waals surface area contributed by atoms with Gasteiger partial charge in [-0.2, -0.15) is 0 Å². The highest BCUT2D eigenvalue weighted by Gasteiger charge is 2.26. The summed E-state index contributed by atoms with van der Waals surface area (Å²) in [5.41, 5.74) is 2.42. The minimum Gasteiger partial charge on any atom is -0.360 e. The van der Waals surface area contributed by atoms with Gasteiger partial charge in [0.15, 0.2) is 5.69 Å². The summed E-state index contributed by atoms with van der Waals surface area (Å²) in [6.07, 6.45) is 2.85. The molecule has 156 valence electrons. The highest BCUT2D eigenvalue weighted by Crippen LogP contribution is 2.24. The number of anilines is 1. The number of nitrogens with zero attached hydrogens (tertiary/aromatic N) is 3. The van der Waals surface area contributed by atoms with E-state index in [4.69, 9.17) is 4.52 Å². The quantitative estimate of drug-likeness (QED) is 0.576. The number of piperidine rings is 1. The van der Waals surface area contributed by atoms with Crippen molar-refractivity contribution in [3.8, 4) is 0 Å². The molecule has 2 heterocycles. The zero-order chi connectivity index (χ0) is 20.8. The average Bonchev–Trinajstić information content (AvgIpc) is 3.27. The maximum absolute atomic E-state index is 13.4. The molecule has 1 aromatic heterocycles. The minimum absolute atomic E-state index is 0.0952. The number of benzene rings is 2. The summed E-state index contributed by atoms with van der Waals surface area (Å²) in [4.78, 5) is 17.7. The van der Waals surface area contributed by atoms with Crippen LogP contribution in [0.4, 0.5) is 5.69 Å². The highest BCUT2D eigenvalue weighted by molar-refractivity contribution is 6.04. The second kappa shape index (κ2) is 9.72. The lowest BCUT2D eigenvalue weighted by Gasteiger charge is -2.34. The fourth-order valence-electron chi connectivity index (χ4n) is 4.09. The summed E-state index contributed by atoms with van der Waals surface area (Å²) in [6.45, 7) is 6.21. The van der Waals surface area contributed by atoms with Crippen LogP contribution in [-0.2, 0) is 6.42 Å². The van der Waals surface area contributed by atoms with Crippen molar-refractivity contribution in [3.63, 3.8) is 0 Å². The van der Waals surface area contributed by atoms with Gasteiger partial charge in [0.05, 0.1) is 0 Å². The number of hydrogen-bond acceptors (Lipinski definition) is 4. The van der Waals surface area contributed by atoms with Gasteiger partial charge in [0.2, 0.25) is 0 Å². The molecule has 1 fully saturated rings. The van der Waals surface area contributed by atoms with Gasteiger partial charge in [-0.1, -0.05) is 60.6 Å². The van der Waals surface area contributed by atoms with Gasteiger partial charge in [-0.15, -0.1) is 0 Å². The van der Waals surface area contributed by atoms with Crippen molar-refractivity contribution in [2.45, 2.75) is 26.2 Å². The molecule has 0 bridgehead atoms. The van der Waals surface area contributed by atoms with Crippen LogP contribution >= 0.6 is 0 Å². The Morgan fingerprint density at radius 1 is 1.07 bits per heavy atom. The van der Waals surface area contributed by atoms with Gasteiger partial charge in [-0.3, -0.25) is 4.79 Å². The molecule has 0 aliphatic carbocycles. The van der Waals surface area contributed by atoms with E-state index in [-0.39, 0.29) is 5.91 Å². The van der Waals surface area contributed by atoms with Crippen molar-refractivity contribution >= 4 is 11.6 Å². The molecule has 1 aliphatic heterocycles. The SMILES string of the molecule is CCN1CCC(CN(C(=O)c2cc(Cc3ccccc3)on2)c2ccccc2)CC1. The van der Waals surface area contributed by atoms with Gasteiger partial charge in [0.25, 0.3) is 5.91 Å². The maximum Gasteiger partial charge on any atom is 0.280 e. The van der Waals surface area contributed by atoms with E-state index >= 15 is 0 Å². The molecule has 3 aromatic rings. The van der Waals surface area contributed by atoms with Crippen molar-refractivity contribution in [2.24, 2.45) is 5.92 Å². The molecular weight excluding hydrogens is 374 g/mol. The Labute approximate surface area is 178 Å². The summed E-state index contributed by atoms with van der Waals surface area (Å²) in [7, 11) is 0. The van der Waals surface area contributed by atoms with Crippen LogP contribution in [0, 0.1) is 5.92 Å². The molecule has 0 N–H and O–H groups in total. The molecule has 0 radical (unpaired) electrons. The van der Waals surface area contributed by atoms with Crippen LogP contribution in [0.1, 0.15) is 41.6 Å². The Morgan fingerprint density at radius 3 is 2.40 bits per heavy atom. The van der Waals surface area contributed by atoms with E-state index in [1.807, 2.05) is 65.6 Å². The summed E-state index contributed by atoms with van der Waals surface area (Å²) in [5.74, 6) is 1.10. The van der Waals surface area contributed by atoms with Gasteiger partial charge < -0.3 is 14.3 Å². The second-order valence-electron chi connectivity index (χ2n) is 7.97. The standard InChI is InChI=1S/C25H29N3O2/c1-2-27-15-13-21(14-16-27)19-28(22-11-7-4-8-12-22)25(29)24-18-23(30-26-24)17-20-9-5-3-6-10-20/h3-12,18,21H,2,13-17,19H2,1H3. The monoisotopic (exact) mass is 403 g/mol. The van der Waals surface area contributed by atoms with Crippen LogP contribution in [0.15, 0.2) is 71.3 Å². The molecule has 1 aliphatic rings. The van der Waals surface area contributed by atoms with E-state index < -0.39 is 0 Å². The molecule has 0 unspecified atom stereocenters. The van der Waals surface area contributed by atoms with Crippen LogP contribution in [0.25, 0.3) is 0 Å². The van der Waals surface area contributed by atoms with E-state index in [0.29, 0.717) is 30.3 Å². The van der Waals surface area contributed by atoms with Gasteiger partial charge in [0.1, 0.15) is 5.76 Å². The van der Waals surface area contributed by atoms with Crippen molar-refractivity contribution < 1.29 is 9.32 Å². The number of para-hydroxylation sites is 1. The van der Waals surface area contributed by atoms with Crippen molar-refractivity contribution in [2.75, 3.05) is 31.1 Å². The van der Waals surface area contributed by atoms with Crippen molar-refractivity contribution in [1.82, 2.24) is 10.1 Å². The molecule has 2 aromatic carbocycles. The number of carbonyl (C=O) groups excluding carboxylic acids is 1. The third-order valence-corrected chi connectivity index (χ3v) is 5.91. The molecule has 0 atom stereocenters. The van der Waals surface area contributed by atoms with E-state index in [2.05, 4.69) is 17.0 Å². The third kappa shape index (κ3) is 4.97. The lowest BCUT2D eigenvalue weighted by Crippen LogP contribution is -2.41. The van der Waals surface area contributed by atoms with E-state index in [1.165, 1.54) is 0 Å². The van der Waals surface area contributed by atoms with Crippen LogP contribution in [0.2, 0.25) is 0 Å². The number of amides is 1. The number of carbonyl (C=O) groups is 1. The highest BCUT2D eigenvalue weighted by atomic mass is 16.5. The Hall–Kier alpha value is -2.92. The fourth-order valence-corrected chi connectivity index (χ4v) is 4.09. The van der Waals surface area contributed by atoms with Crippen LogP contribution in [0.3, 0.4) is 0 Å². The molecular formula is C25H29N3O2. The molecule has 5 nitrogen and oxygen atoms in total. The molecule has 1 amide bonds. The van der Waals surface area contributed by atoms with Gasteiger partial charge in [-0.05, 0) is 56.1 Å². The number of aromatic nitrogens is 1. The van der Waals surface area contributed by atoms with Crippen LogP contribution in [0.5, 0.6) is 0 Å². The van der Waals surface area contributed by atoms with E-state index in [1.54, 1.807) is 6.07 Å². The molecule has 4 rings (SSSR count). The fraction of sp³-hybridized carbons (Fsp3) is 0.360. The minimum atomic E-state index is -0.0952. The maximum atomic E-state index is 13.4. The second-order valence-corrected chi connectivity index (χ2v) is 7.97. The third-order valence-electron chi connectivity index (χ3n) is 5.91. The zero-order valence-corrected chi connectivity index (χ0v) is 17.5. The average molecular weight is 404 g/mol.